The molecule has 6 fully saturated rings. The van der Waals surface area contributed by atoms with Gasteiger partial charge in [0.25, 0.3) is 11.8 Å². The normalized spacial score (nSPS) is 31.4. The Bertz CT molecular complexity index is 1930. The minimum Gasteiger partial charge on any atom is -0.436 e. The van der Waals surface area contributed by atoms with Crippen LogP contribution in [-0.2, 0) is 28.5 Å². The number of hydrogen-bond acceptors (Lipinski definition) is 10. The summed E-state index contributed by atoms with van der Waals surface area (Å²) in [4.78, 5) is 71.3. The van der Waals surface area contributed by atoms with Gasteiger partial charge in [-0.3, -0.25) is 9.59 Å². The van der Waals surface area contributed by atoms with E-state index in [2.05, 4.69) is 43.6 Å². The van der Waals surface area contributed by atoms with Crippen LogP contribution in [0.15, 0.2) is 12.4 Å². The maximum atomic E-state index is 14.3. The van der Waals surface area contributed by atoms with Crippen molar-refractivity contribution in [3.63, 3.8) is 0 Å². The van der Waals surface area contributed by atoms with Gasteiger partial charge in [-0.1, -0.05) is 0 Å². The van der Waals surface area contributed by atoms with E-state index >= 15 is 0 Å². The number of ether oxygens (including phenoxy) is 4. The van der Waals surface area contributed by atoms with Gasteiger partial charge in [-0.15, -0.1) is 0 Å². The highest BCUT2D eigenvalue weighted by Crippen LogP contribution is 2.55. The Morgan fingerprint density at radius 2 is 1.44 bits per heavy atom. The van der Waals surface area contributed by atoms with Crippen molar-refractivity contribution in [2.24, 2.45) is 35.1 Å². The highest BCUT2D eigenvalue weighted by Gasteiger charge is 2.60. The van der Waals surface area contributed by atoms with Crippen molar-refractivity contribution in [1.82, 2.24) is 29.7 Å². The fourth-order valence-corrected chi connectivity index (χ4v) is 9.25. The van der Waals surface area contributed by atoms with Crippen LogP contribution in [0.2, 0.25) is 0 Å². The Labute approximate surface area is 312 Å². The second-order valence-electron chi connectivity index (χ2n) is 15.7. The SMILES string of the molecule is CC1CC([C@@](C)(OC(N)=O)C(=O)N2C3C[C@@H]3C[C@H]2c2ncc(C#CC#Cc3cnc([C@@H]4C[C@H]5CC5N4C(=O)[C@H](OC(N)=O)C4CCOCC4)[nH]3)[nH]2)CCO1. The monoisotopic (exact) mass is 742 g/mol. The average molecular weight is 743 g/mol. The fraction of sp³-hybridized carbons (Fsp3) is 0.632. The molecule has 8 rings (SSSR count). The number of aromatic nitrogens is 4. The summed E-state index contributed by atoms with van der Waals surface area (Å²) in [6.45, 7) is 5.11. The lowest BCUT2D eigenvalue weighted by Gasteiger charge is -2.42. The minimum atomic E-state index is -1.42. The Kier molecular flexibility index (Phi) is 9.52. The molecule has 0 spiro atoms. The third kappa shape index (κ3) is 7.00. The van der Waals surface area contributed by atoms with Gasteiger partial charge in [-0.05, 0) is 101 Å². The summed E-state index contributed by atoms with van der Waals surface area (Å²) < 4.78 is 22.2. The standard InChI is InChI=1S/C38H46N8O8/c1-20-13-24(9-12-52-20)38(2,54-37(40)50)35(48)46-28-15-23(28)17-30(46)33-42-19-26(44-33)6-4-3-5-25-18-41-32(43-25)29-16-22-14-27(22)45(29)34(47)31(53-36(39)49)21-7-10-51-11-8-21/h18-24,27-31H,7-17H2,1-2H3,(H2,39,49)(H2,40,50)(H,41,43)(H,42,44)/t20?,22-,23-,24?,27?,28?,29+,30+,31-,38-/m1/s1. The van der Waals surface area contributed by atoms with Crippen LogP contribution in [-0.4, -0.2) is 103 Å². The number of primary amides is 2. The molecule has 4 unspecified atom stereocenters. The highest BCUT2D eigenvalue weighted by atomic mass is 16.6. The zero-order valence-electron chi connectivity index (χ0n) is 30.4. The molecule has 2 saturated carbocycles. The first-order valence-corrected chi connectivity index (χ1v) is 18.9. The van der Waals surface area contributed by atoms with Crippen molar-refractivity contribution in [1.29, 1.82) is 0 Å². The van der Waals surface area contributed by atoms with Crippen LogP contribution in [0.1, 0.15) is 100 Å². The van der Waals surface area contributed by atoms with Crippen LogP contribution in [0.25, 0.3) is 0 Å². The lowest BCUT2D eigenvalue weighted by molar-refractivity contribution is -0.163. The lowest BCUT2D eigenvalue weighted by atomic mass is 9.80. The van der Waals surface area contributed by atoms with Crippen LogP contribution < -0.4 is 11.5 Å². The first kappa shape index (κ1) is 35.9. The number of piperidine rings is 2. The molecule has 4 saturated heterocycles. The molecule has 6 N–H and O–H groups in total. The quantitative estimate of drug-likeness (QED) is 0.289. The number of H-pyrrole nitrogens is 2. The number of carbonyl (C=O) groups excluding carboxylic acids is 4. The van der Waals surface area contributed by atoms with Crippen LogP contribution in [0.5, 0.6) is 0 Å². The number of nitrogens with two attached hydrogens (primary N) is 2. The number of fused-ring (bicyclic) bond motifs is 2. The molecule has 4 aliphatic heterocycles. The van der Waals surface area contributed by atoms with Gasteiger partial charge in [0.15, 0.2) is 11.7 Å². The van der Waals surface area contributed by atoms with E-state index < -0.39 is 23.9 Å². The number of imidazole rings is 2. The predicted octanol–water partition coefficient (Wildman–Crippen LogP) is 2.42. The molecule has 0 aromatic carbocycles. The van der Waals surface area contributed by atoms with Gasteiger partial charge in [0, 0.05) is 43.7 Å². The van der Waals surface area contributed by atoms with E-state index in [0.29, 0.717) is 80.4 Å². The summed E-state index contributed by atoms with van der Waals surface area (Å²) in [5.74, 6) is 12.8. The Morgan fingerprint density at radius 3 is 2.02 bits per heavy atom. The number of hydrogen-bond donors (Lipinski definition) is 4. The molecule has 6 aliphatic rings. The van der Waals surface area contributed by atoms with Crippen molar-refractivity contribution >= 4 is 24.0 Å². The number of rotatable bonds is 8. The van der Waals surface area contributed by atoms with Crippen molar-refractivity contribution in [2.45, 2.75) is 107 Å². The number of nitrogens with one attached hydrogen (secondary N) is 2. The summed E-state index contributed by atoms with van der Waals surface area (Å²) in [5, 5.41) is 0. The second-order valence-corrected chi connectivity index (χ2v) is 15.7. The van der Waals surface area contributed by atoms with E-state index in [9.17, 15) is 19.2 Å². The highest BCUT2D eigenvalue weighted by molar-refractivity contribution is 5.89. The van der Waals surface area contributed by atoms with Crippen molar-refractivity contribution in [3.8, 4) is 23.7 Å². The summed E-state index contributed by atoms with van der Waals surface area (Å²) in [5.41, 5.74) is 10.6. The lowest BCUT2D eigenvalue weighted by Crippen LogP contribution is -2.57. The number of likely N-dealkylation sites (tertiary alicyclic amines) is 2. The van der Waals surface area contributed by atoms with Gasteiger partial charge >= 0.3 is 12.2 Å². The van der Waals surface area contributed by atoms with E-state index in [0.717, 1.165) is 25.7 Å². The molecule has 0 radical (unpaired) electrons. The van der Waals surface area contributed by atoms with Crippen LogP contribution in [0.4, 0.5) is 9.59 Å². The summed E-state index contributed by atoms with van der Waals surface area (Å²) in [6.07, 6.45) is 5.97. The second kappa shape index (κ2) is 14.3. The fourth-order valence-electron chi connectivity index (χ4n) is 9.25. The van der Waals surface area contributed by atoms with Gasteiger partial charge in [0.05, 0.1) is 30.6 Å². The van der Waals surface area contributed by atoms with Crippen molar-refractivity contribution < 1.29 is 38.1 Å². The number of amides is 4. The van der Waals surface area contributed by atoms with Gasteiger partial charge in [0.2, 0.25) is 0 Å². The molecule has 0 bridgehead atoms. The van der Waals surface area contributed by atoms with Gasteiger partial charge in [-0.25, -0.2) is 19.6 Å². The van der Waals surface area contributed by atoms with E-state index in [4.69, 9.17) is 30.4 Å². The first-order chi connectivity index (χ1) is 26.0. The number of nitrogens with zero attached hydrogens (tertiary/aromatic N) is 4. The number of carbonyl (C=O) groups is 4. The summed E-state index contributed by atoms with van der Waals surface area (Å²) >= 11 is 0. The maximum absolute atomic E-state index is 14.3. The molecule has 54 heavy (non-hydrogen) atoms. The summed E-state index contributed by atoms with van der Waals surface area (Å²) in [7, 11) is 0. The Hall–Kier alpha value is -5.06. The molecule has 4 amide bonds. The summed E-state index contributed by atoms with van der Waals surface area (Å²) in [6, 6.07) is -0.479. The molecule has 16 nitrogen and oxygen atoms in total. The van der Waals surface area contributed by atoms with Gasteiger partial charge in [0.1, 0.15) is 23.0 Å². The molecule has 286 valence electrons. The zero-order chi connectivity index (χ0) is 37.7. The molecule has 2 aromatic rings. The van der Waals surface area contributed by atoms with E-state index in [1.807, 2.05) is 16.7 Å². The molecular weight excluding hydrogens is 696 g/mol. The smallest absolute Gasteiger partial charge is 0.405 e. The molecule has 2 aliphatic carbocycles. The van der Waals surface area contributed by atoms with E-state index in [1.165, 1.54) is 0 Å². The average Bonchev–Trinajstić information content (AvgIpc) is 3.76. The Balaban J connectivity index is 0.938. The first-order valence-electron chi connectivity index (χ1n) is 18.9. The van der Waals surface area contributed by atoms with Crippen molar-refractivity contribution in [3.05, 3.63) is 35.4 Å². The minimum absolute atomic E-state index is 0.0532. The van der Waals surface area contributed by atoms with E-state index in [1.54, 1.807) is 19.3 Å². The largest absolute Gasteiger partial charge is 0.436 e. The molecule has 6 heterocycles. The van der Waals surface area contributed by atoms with Crippen LogP contribution in [0.3, 0.4) is 0 Å². The Morgan fingerprint density at radius 1 is 0.852 bits per heavy atom. The van der Waals surface area contributed by atoms with Crippen LogP contribution >= 0.6 is 0 Å². The molecule has 2 aromatic heterocycles. The third-order valence-electron chi connectivity index (χ3n) is 12.2. The van der Waals surface area contributed by atoms with Gasteiger partial charge < -0.3 is 50.2 Å². The van der Waals surface area contributed by atoms with Gasteiger partial charge in [-0.2, -0.15) is 0 Å². The molecule has 16 heteroatoms. The third-order valence-corrected chi connectivity index (χ3v) is 12.2. The number of aromatic amines is 2. The molecular formula is C38H46N8O8. The molecule has 10 atom stereocenters. The van der Waals surface area contributed by atoms with E-state index in [-0.39, 0.29) is 53.9 Å². The zero-order valence-corrected chi connectivity index (χ0v) is 30.4. The maximum Gasteiger partial charge on any atom is 0.405 e. The van der Waals surface area contributed by atoms with Crippen molar-refractivity contribution in [2.75, 3.05) is 19.8 Å². The van der Waals surface area contributed by atoms with Crippen LogP contribution in [0, 0.1) is 47.4 Å². The topological polar surface area (TPSA) is 221 Å². The predicted molar refractivity (Wildman–Crippen MR) is 188 cm³/mol.